The topological polar surface area (TPSA) is 67.4 Å². The number of carbonyl (C=O) groups is 2. The summed E-state index contributed by atoms with van der Waals surface area (Å²) in [6.45, 7) is 3.80. The van der Waals surface area contributed by atoms with Crippen LogP contribution in [0.25, 0.3) is 11.1 Å². The first-order valence-corrected chi connectivity index (χ1v) is 11.6. The van der Waals surface area contributed by atoms with E-state index in [-0.39, 0.29) is 11.8 Å². The van der Waals surface area contributed by atoms with Crippen molar-refractivity contribution in [2.75, 3.05) is 10.6 Å². The molecule has 4 rings (SSSR count). The van der Waals surface area contributed by atoms with Crippen molar-refractivity contribution in [3.8, 4) is 16.9 Å². The number of anilines is 2. The molecule has 0 heterocycles. The van der Waals surface area contributed by atoms with Gasteiger partial charge in [0.2, 0.25) is 0 Å². The predicted molar refractivity (Wildman–Crippen MR) is 141 cm³/mol. The molecule has 2 N–H and O–H groups in total. The third-order valence-electron chi connectivity index (χ3n) is 5.68. The van der Waals surface area contributed by atoms with Crippen LogP contribution in [0.1, 0.15) is 29.3 Å². The van der Waals surface area contributed by atoms with Crippen LogP contribution in [0.5, 0.6) is 5.75 Å². The molecule has 0 radical (unpaired) electrons. The normalized spacial score (nSPS) is 11.4. The number of amides is 2. The summed E-state index contributed by atoms with van der Waals surface area (Å²) in [5.41, 5.74) is 4.99. The molecule has 0 aliphatic carbocycles. The number of nitrogens with one attached hydrogen (secondary N) is 2. The molecule has 2 amide bonds. The van der Waals surface area contributed by atoms with Crippen molar-refractivity contribution in [1.82, 2.24) is 0 Å². The average Bonchev–Trinajstić information content (AvgIpc) is 2.90. The zero-order valence-corrected chi connectivity index (χ0v) is 19.8. The summed E-state index contributed by atoms with van der Waals surface area (Å²) >= 11 is 0. The van der Waals surface area contributed by atoms with Gasteiger partial charge >= 0.3 is 0 Å². The molecule has 4 aromatic rings. The van der Waals surface area contributed by atoms with Gasteiger partial charge in [-0.2, -0.15) is 0 Å². The summed E-state index contributed by atoms with van der Waals surface area (Å²) in [6.07, 6.45) is -0.105. The molecule has 176 valence electrons. The van der Waals surface area contributed by atoms with Crippen molar-refractivity contribution < 1.29 is 14.3 Å². The quantitative estimate of drug-likeness (QED) is 0.304. The largest absolute Gasteiger partial charge is 0.481 e. The van der Waals surface area contributed by atoms with E-state index in [2.05, 4.69) is 22.8 Å². The van der Waals surface area contributed by atoms with Gasteiger partial charge in [-0.1, -0.05) is 67.6 Å². The van der Waals surface area contributed by atoms with Crippen molar-refractivity contribution in [3.63, 3.8) is 0 Å². The lowest BCUT2D eigenvalue weighted by Crippen LogP contribution is -2.32. The van der Waals surface area contributed by atoms with Crippen molar-refractivity contribution in [2.24, 2.45) is 0 Å². The van der Waals surface area contributed by atoms with Gasteiger partial charge in [0.15, 0.2) is 6.10 Å². The van der Waals surface area contributed by atoms with E-state index in [1.807, 2.05) is 80.6 Å². The second-order valence-electron chi connectivity index (χ2n) is 8.24. The van der Waals surface area contributed by atoms with E-state index >= 15 is 0 Å². The average molecular weight is 465 g/mol. The molecule has 1 atom stereocenters. The van der Waals surface area contributed by atoms with E-state index in [4.69, 9.17) is 4.74 Å². The molecule has 0 saturated heterocycles. The Bertz CT molecular complexity index is 1290. The van der Waals surface area contributed by atoms with Crippen LogP contribution in [-0.2, 0) is 4.79 Å². The Morgan fingerprint density at radius 1 is 0.771 bits per heavy atom. The number of carbonyl (C=O) groups excluding carboxylic acids is 2. The molecule has 0 bridgehead atoms. The highest BCUT2D eigenvalue weighted by Gasteiger charge is 2.19. The van der Waals surface area contributed by atoms with Crippen LogP contribution in [0.2, 0.25) is 0 Å². The number of aryl methyl sites for hydroxylation is 1. The second-order valence-corrected chi connectivity index (χ2v) is 8.24. The SMILES string of the molecule is CCC(Oc1ccc(-c2ccccc2)cc1)C(=O)Nc1ccc(NC(=O)c2ccccc2)c(C)c1. The number of hydrogen-bond acceptors (Lipinski definition) is 3. The molecule has 1 unspecified atom stereocenters. The number of rotatable bonds is 8. The van der Waals surface area contributed by atoms with Gasteiger partial charge in [-0.15, -0.1) is 0 Å². The van der Waals surface area contributed by atoms with E-state index in [0.29, 0.717) is 29.1 Å². The zero-order valence-electron chi connectivity index (χ0n) is 19.8. The minimum atomic E-state index is -0.629. The maximum absolute atomic E-state index is 12.9. The molecular weight excluding hydrogens is 436 g/mol. The number of benzene rings is 4. The summed E-state index contributed by atoms with van der Waals surface area (Å²) in [5.74, 6) is 0.241. The lowest BCUT2D eigenvalue weighted by Gasteiger charge is -2.18. The Kier molecular flexibility index (Phi) is 7.58. The second kappa shape index (κ2) is 11.2. The first-order chi connectivity index (χ1) is 17.0. The molecule has 5 heteroatoms. The third-order valence-corrected chi connectivity index (χ3v) is 5.68. The third kappa shape index (κ3) is 6.15. The van der Waals surface area contributed by atoms with Crippen LogP contribution in [0.15, 0.2) is 103 Å². The minimum Gasteiger partial charge on any atom is -0.481 e. The lowest BCUT2D eigenvalue weighted by molar-refractivity contribution is -0.122. The summed E-state index contributed by atoms with van der Waals surface area (Å²) < 4.78 is 5.98. The number of ether oxygens (including phenoxy) is 1. The Labute approximate surface area is 205 Å². The molecule has 0 spiro atoms. The highest BCUT2D eigenvalue weighted by molar-refractivity contribution is 6.04. The monoisotopic (exact) mass is 464 g/mol. The van der Waals surface area contributed by atoms with Crippen molar-refractivity contribution >= 4 is 23.2 Å². The van der Waals surface area contributed by atoms with Crippen molar-refractivity contribution in [3.05, 3.63) is 114 Å². The van der Waals surface area contributed by atoms with E-state index in [9.17, 15) is 9.59 Å². The molecule has 0 aromatic heterocycles. The predicted octanol–water partition coefficient (Wildman–Crippen LogP) is 6.71. The Balaban J connectivity index is 1.38. The summed E-state index contributed by atoms with van der Waals surface area (Å²) in [6, 6.07) is 32.3. The fourth-order valence-corrected chi connectivity index (χ4v) is 3.73. The minimum absolute atomic E-state index is 0.178. The fraction of sp³-hybridized carbons (Fsp3) is 0.133. The molecule has 0 saturated carbocycles. The van der Waals surface area contributed by atoms with Gasteiger partial charge in [-0.05, 0) is 72.5 Å². The summed E-state index contributed by atoms with van der Waals surface area (Å²) in [4.78, 5) is 25.3. The fourth-order valence-electron chi connectivity index (χ4n) is 3.73. The standard InChI is InChI=1S/C30H28N2O3/c1-3-28(35-26-17-14-23(15-18-26)22-10-6-4-7-11-22)30(34)31-25-16-19-27(21(2)20-25)32-29(33)24-12-8-5-9-13-24/h4-20,28H,3H2,1-2H3,(H,31,34)(H,32,33). The van der Waals surface area contributed by atoms with Gasteiger partial charge < -0.3 is 15.4 Å². The van der Waals surface area contributed by atoms with E-state index < -0.39 is 6.10 Å². The van der Waals surface area contributed by atoms with Gasteiger partial charge in [-0.25, -0.2) is 0 Å². The molecular formula is C30H28N2O3. The first kappa shape index (κ1) is 23.8. The van der Waals surface area contributed by atoms with Crippen LogP contribution in [-0.4, -0.2) is 17.9 Å². The van der Waals surface area contributed by atoms with Crippen LogP contribution in [0, 0.1) is 6.92 Å². The van der Waals surface area contributed by atoms with Crippen molar-refractivity contribution in [2.45, 2.75) is 26.4 Å². The molecule has 0 aliphatic rings. The Morgan fingerprint density at radius 2 is 1.40 bits per heavy atom. The maximum atomic E-state index is 12.9. The summed E-state index contributed by atoms with van der Waals surface area (Å²) in [7, 11) is 0. The summed E-state index contributed by atoms with van der Waals surface area (Å²) in [5, 5.41) is 5.84. The molecule has 0 aliphatic heterocycles. The maximum Gasteiger partial charge on any atom is 0.265 e. The van der Waals surface area contributed by atoms with E-state index in [0.717, 1.165) is 16.7 Å². The highest BCUT2D eigenvalue weighted by atomic mass is 16.5. The van der Waals surface area contributed by atoms with Gasteiger partial charge in [0.05, 0.1) is 0 Å². The van der Waals surface area contributed by atoms with Gasteiger partial charge in [-0.3, -0.25) is 9.59 Å². The van der Waals surface area contributed by atoms with Gasteiger partial charge in [0, 0.05) is 16.9 Å². The smallest absolute Gasteiger partial charge is 0.265 e. The van der Waals surface area contributed by atoms with Crippen LogP contribution in [0.3, 0.4) is 0 Å². The molecule has 5 nitrogen and oxygen atoms in total. The van der Waals surface area contributed by atoms with E-state index in [1.54, 1.807) is 24.3 Å². The van der Waals surface area contributed by atoms with Crippen molar-refractivity contribution in [1.29, 1.82) is 0 Å². The van der Waals surface area contributed by atoms with Crippen LogP contribution in [0.4, 0.5) is 11.4 Å². The molecule has 35 heavy (non-hydrogen) atoms. The van der Waals surface area contributed by atoms with Gasteiger partial charge in [0.25, 0.3) is 11.8 Å². The lowest BCUT2D eigenvalue weighted by atomic mass is 10.1. The van der Waals surface area contributed by atoms with Crippen LogP contribution >= 0.6 is 0 Å². The first-order valence-electron chi connectivity index (χ1n) is 11.6. The Morgan fingerprint density at radius 3 is 2.03 bits per heavy atom. The Hall–Kier alpha value is -4.38. The molecule has 4 aromatic carbocycles. The van der Waals surface area contributed by atoms with Crippen LogP contribution < -0.4 is 15.4 Å². The van der Waals surface area contributed by atoms with Gasteiger partial charge in [0.1, 0.15) is 5.75 Å². The zero-order chi connectivity index (χ0) is 24.6. The highest BCUT2D eigenvalue weighted by Crippen LogP contribution is 2.24. The van der Waals surface area contributed by atoms with E-state index in [1.165, 1.54) is 0 Å². The molecule has 0 fully saturated rings. The number of hydrogen-bond donors (Lipinski definition) is 2.